The molecule has 0 aromatic rings. The lowest BCUT2D eigenvalue weighted by Crippen LogP contribution is -2.43. The van der Waals surface area contributed by atoms with Gasteiger partial charge in [0.25, 0.3) is 0 Å². The molecule has 1 heterocycles. The van der Waals surface area contributed by atoms with E-state index < -0.39 is 0 Å². The van der Waals surface area contributed by atoms with Crippen LogP contribution < -0.4 is 5.32 Å². The van der Waals surface area contributed by atoms with E-state index >= 15 is 0 Å². The van der Waals surface area contributed by atoms with Crippen LogP contribution in [-0.4, -0.2) is 49.0 Å². The summed E-state index contributed by atoms with van der Waals surface area (Å²) in [5, 5.41) is 3.32. The van der Waals surface area contributed by atoms with Gasteiger partial charge in [-0.25, -0.2) is 0 Å². The molecular weight excluding hydrogens is 199 g/mol. The standard InChI is InChI=1S/C7H15ClN2.ClH.H2O/c8-2-1-5-10-6-3-9-4-7-10;;/h9H,1-7H2;1H;1H2. The Morgan fingerprint density at radius 3 is 2.33 bits per heavy atom. The smallest absolute Gasteiger partial charge is 0.0235 e. The molecule has 0 atom stereocenters. The van der Waals surface area contributed by atoms with Crippen molar-refractivity contribution in [2.24, 2.45) is 0 Å². The minimum Gasteiger partial charge on any atom is -0.412 e. The van der Waals surface area contributed by atoms with Crippen LogP contribution in [0.5, 0.6) is 0 Å². The molecule has 0 bridgehead atoms. The summed E-state index contributed by atoms with van der Waals surface area (Å²) >= 11 is 5.58. The van der Waals surface area contributed by atoms with Crippen molar-refractivity contribution < 1.29 is 5.48 Å². The molecule has 0 amide bonds. The fourth-order valence-electron chi connectivity index (χ4n) is 1.22. The molecule has 12 heavy (non-hydrogen) atoms. The van der Waals surface area contributed by atoms with Crippen LogP contribution in [-0.2, 0) is 0 Å². The minimum atomic E-state index is 0. The van der Waals surface area contributed by atoms with Crippen molar-refractivity contribution in [3.63, 3.8) is 0 Å². The average molecular weight is 217 g/mol. The first kappa shape index (κ1) is 15.0. The van der Waals surface area contributed by atoms with Crippen LogP contribution in [0.1, 0.15) is 6.42 Å². The Morgan fingerprint density at radius 1 is 1.25 bits per heavy atom. The predicted octanol–water partition coefficient (Wildman–Crippen LogP) is 0.118. The van der Waals surface area contributed by atoms with E-state index in [1.165, 1.54) is 19.6 Å². The highest BCUT2D eigenvalue weighted by Crippen LogP contribution is 1.94. The number of hydrogen-bond donors (Lipinski definition) is 1. The highest BCUT2D eigenvalue weighted by Gasteiger charge is 2.07. The molecule has 0 unspecified atom stereocenters. The van der Waals surface area contributed by atoms with Crippen LogP contribution in [0.15, 0.2) is 0 Å². The molecule has 5 heteroatoms. The Morgan fingerprint density at radius 2 is 1.83 bits per heavy atom. The Balaban J connectivity index is 0. The summed E-state index contributed by atoms with van der Waals surface area (Å²) in [6.07, 6.45) is 1.13. The molecular formula is C7H18Cl2N2O. The van der Waals surface area contributed by atoms with Crippen LogP contribution in [0.3, 0.4) is 0 Å². The quantitative estimate of drug-likeness (QED) is 0.682. The van der Waals surface area contributed by atoms with Gasteiger partial charge in [0.05, 0.1) is 0 Å². The van der Waals surface area contributed by atoms with Crippen molar-refractivity contribution in [3.05, 3.63) is 0 Å². The Hall–Kier alpha value is 0.460. The number of nitrogens with zero attached hydrogens (tertiary/aromatic N) is 1. The highest BCUT2D eigenvalue weighted by atomic mass is 35.5. The molecule has 0 aromatic carbocycles. The van der Waals surface area contributed by atoms with Crippen LogP contribution in [0.2, 0.25) is 0 Å². The Bertz CT molecular complexity index is 89.5. The molecule has 1 rings (SSSR count). The minimum absolute atomic E-state index is 0. The maximum Gasteiger partial charge on any atom is 0.0235 e. The number of piperazine rings is 1. The lowest BCUT2D eigenvalue weighted by Gasteiger charge is -2.26. The van der Waals surface area contributed by atoms with E-state index in [1.54, 1.807) is 0 Å². The van der Waals surface area contributed by atoms with Crippen LogP contribution >= 0.6 is 24.0 Å². The first-order valence-corrected chi connectivity index (χ1v) is 4.46. The van der Waals surface area contributed by atoms with Gasteiger partial charge < -0.3 is 15.7 Å². The Kier molecular flexibility index (Phi) is 11.9. The topological polar surface area (TPSA) is 46.8 Å². The van der Waals surface area contributed by atoms with Gasteiger partial charge in [-0.3, -0.25) is 0 Å². The molecule has 0 saturated carbocycles. The second-order valence-electron chi connectivity index (χ2n) is 2.63. The normalized spacial score (nSPS) is 17.8. The fraction of sp³-hybridized carbons (Fsp3) is 1.00. The van der Waals surface area contributed by atoms with E-state index in [2.05, 4.69) is 10.2 Å². The average Bonchev–Trinajstić information content (AvgIpc) is 2.03. The number of rotatable bonds is 3. The van der Waals surface area contributed by atoms with Gasteiger partial charge in [-0.2, -0.15) is 0 Å². The van der Waals surface area contributed by atoms with Crippen molar-refractivity contribution in [1.29, 1.82) is 0 Å². The van der Waals surface area contributed by atoms with Crippen molar-refractivity contribution in [2.75, 3.05) is 38.6 Å². The summed E-state index contributed by atoms with van der Waals surface area (Å²) in [5.74, 6) is 0.796. The first-order chi connectivity index (χ1) is 4.93. The summed E-state index contributed by atoms with van der Waals surface area (Å²) in [7, 11) is 0. The maximum atomic E-state index is 5.58. The van der Waals surface area contributed by atoms with Crippen LogP contribution in [0, 0.1) is 0 Å². The van der Waals surface area contributed by atoms with Crippen LogP contribution in [0.25, 0.3) is 0 Å². The third-order valence-corrected chi connectivity index (χ3v) is 2.08. The third kappa shape index (κ3) is 6.03. The monoisotopic (exact) mass is 216 g/mol. The van der Waals surface area contributed by atoms with Gasteiger partial charge >= 0.3 is 0 Å². The third-order valence-electron chi connectivity index (χ3n) is 1.82. The van der Waals surface area contributed by atoms with E-state index in [1.807, 2.05) is 0 Å². The second kappa shape index (κ2) is 9.55. The maximum absolute atomic E-state index is 5.58. The molecule has 0 aliphatic carbocycles. The number of halogens is 2. The van der Waals surface area contributed by atoms with Gasteiger partial charge in [-0.15, -0.1) is 24.0 Å². The van der Waals surface area contributed by atoms with E-state index in [-0.39, 0.29) is 17.9 Å². The van der Waals surface area contributed by atoms with E-state index in [0.717, 1.165) is 25.4 Å². The summed E-state index contributed by atoms with van der Waals surface area (Å²) in [5.41, 5.74) is 0. The summed E-state index contributed by atoms with van der Waals surface area (Å²) in [6, 6.07) is 0. The van der Waals surface area contributed by atoms with Gasteiger partial charge in [0.2, 0.25) is 0 Å². The van der Waals surface area contributed by atoms with Crippen molar-refractivity contribution in [3.8, 4) is 0 Å². The molecule has 0 radical (unpaired) electrons. The largest absolute Gasteiger partial charge is 0.412 e. The number of alkyl halides is 1. The summed E-state index contributed by atoms with van der Waals surface area (Å²) in [6.45, 7) is 5.84. The van der Waals surface area contributed by atoms with Gasteiger partial charge in [0.1, 0.15) is 0 Å². The van der Waals surface area contributed by atoms with Gasteiger partial charge in [0, 0.05) is 32.1 Å². The molecule has 0 spiro atoms. The predicted molar refractivity (Wildman–Crippen MR) is 55.5 cm³/mol. The summed E-state index contributed by atoms with van der Waals surface area (Å²) < 4.78 is 0. The van der Waals surface area contributed by atoms with Gasteiger partial charge in [-0.1, -0.05) is 0 Å². The molecule has 3 N–H and O–H groups in total. The van der Waals surface area contributed by atoms with Gasteiger partial charge in [0.15, 0.2) is 0 Å². The van der Waals surface area contributed by atoms with E-state index in [4.69, 9.17) is 11.6 Å². The second-order valence-corrected chi connectivity index (χ2v) is 3.01. The zero-order valence-corrected chi connectivity index (χ0v) is 8.76. The van der Waals surface area contributed by atoms with E-state index in [0.29, 0.717) is 0 Å². The lowest BCUT2D eigenvalue weighted by atomic mass is 10.3. The van der Waals surface area contributed by atoms with Gasteiger partial charge in [-0.05, 0) is 13.0 Å². The molecule has 76 valence electrons. The molecule has 1 aliphatic heterocycles. The zero-order valence-electron chi connectivity index (χ0n) is 7.18. The molecule has 1 aliphatic rings. The first-order valence-electron chi connectivity index (χ1n) is 3.92. The molecule has 1 fully saturated rings. The van der Waals surface area contributed by atoms with Crippen LogP contribution in [0.4, 0.5) is 0 Å². The number of hydrogen-bond acceptors (Lipinski definition) is 2. The molecule has 0 aromatic heterocycles. The lowest BCUT2D eigenvalue weighted by molar-refractivity contribution is 0.242. The van der Waals surface area contributed by atoms with Crippen molar-refractivity contribution >= 4 is 24.0 Å². The van der Waals surface area contributed by atoms with Crippen molar-refractivity contribution in [2.45, 2.75) is 6.42 Å². The van der Waals surface area contributed by atoms with E-state index in [9.17, 15) is 0 Å². The SMILES string of the molecule is Cl.ClCCCN1CCNCC1.O. The Labute approximate surface area is 85.2 Å². The fourth-order valence-corrected chi connectivity index (χ4v) is 1.34. The molecule has 1 saturated heterocycles. The zero-order chi connectivity index (χ0) is 7.23. The molecule has 3 nitrogen and oxygen atoms in total. The summed E-state index contributed by atoms with van der Waals surface area (Å²) in [4.78, 5) is 2.46. The van der Waals surface area contributed by atoms with Crippen molar-refractivity contribution in [1.82, 2.24) is 10.2 Å². The number of nitrogens with one attached hydrogen (secondary N) is 1. The highest BCUT2D eigenvalue weighted by molar-refractivity contribution is 6.17.